The van der Waals surface area contributed by atoms with Crippen LogP contribution >= 0.6 is 0 Å². The van der Waals surface area contributed by atoms with Gasteiger partial charge in [-0.25, -0.2) is 8.42 Å². The van der Waals surface area contributed by atoms with E-state index in [1.807, 2.05) is 0 Å². The zero-order chi connectivity index (χ0) is 15.0. The minimum Gasteiger partial charge on any atom is -0.312 e. The van der Waals surface area contributed by atoms with Crippen molar-refractivity contribution in [1.29, 1.82) is 5.26 Å². The zero-order valence-electron chi connectivity index (χ0n) is 12.0. The van der Waals surface area contributed by atoms with Gasteiger partial charge in [-0.2, -0.15) is 9.57 Å². The third-order valence-electron chi connectivity index (χ3n) is 4.52. The Hall–Kier alpha value is -1.42. The number of nitriles is 1. The van der Waals surface area contributed by atoms with Crippen LogP contribution in [0.15, 0.2) is 23.1 Å². The predicted molar refractivity (Wildman–Crippen MR) is 79.2 cm³/mol. The number of aryl methyl sites for hydroxylation is 1. The molecule has 2 fully saturated rings. The Morgan fingerprint density at radius 1 is 1.38 bits per heavy atom. The van der Waals surface area contributed by atoms with Crippen molar-refractivity contribution in [2.24, 2.45) is 5.92 Å². The molecule has 0 unspecified atom stereocenters. The lowest BCUT2D eigenvalue weighted by molar-refractivity contribution is 0.339. The maximum atomic E-state index is 12.7. The smallest absolute Gasteiger partial charge is 0.243 e. The van der Waals surface area contributed by atoms with E-state index in [-0.39, 0.29) is 10.9 Å². The second-order valence-corrected chi connectivity index (χ2v) is 7.81. The largest absolute Gasteiger partial charge is 0.312 e. The van der Waals surface area contributed by atoms with E-state index in [9.17, 15) is 8.42 Å². The molecule has 1 aromatic carbocycles. The molecule has 21 heavy (non-hydrogen) atoms. The van der Waals surface area contributed by atoms with Crippen LogP contribution in [-0.2, 0) is 10.0 Å². The molecule has 112 valence electrons. The number of piperidine rings is 1. The minimum atomic E-state index is -3.46. The summed E-state index contributed by atoms with van der Waals surface area (Å²) in [7, 11) is -3.46. The molecule has 0 aliphatic carbocycles. The van der Waals surface area contributed by atoms with Crippen LogP contribution in [0.2, 0.25) is 0 Å². The molecule has 1 N–H and O–H groups in total. The van der Waals surface area contributed by atoms with Crippen LogP contribution in [0, 0.1) is 24.2 Å². The summed E-state index contributed by atoms with van der Waals surface area (Å²) in [6, 6.07) is 7.08. The summed E-state index contributed by atoms with van der Waals surface area (Å²) >= 11 is 0. The van der Waals surface area contributed by atoms with Gasteiger partial charge in [0, 0.05) is 19.1 Å². The van der Waals surface area contributed by atoms with E-state index < -0.39 is 10.0 Å². The highest BCUT2D eigenvalue weighted by Gasteiger charge is 2.40. The number of fused-ring (bicyclic) bond motifs is 1. The van der Waals surface area contributed by atoms with E-state index in [0.29, 0.717) is 30.1 Å². The average molecular weight is 305 g/mol. The highest BCUT2D eigenvalue weighted by atomic mass is 32.2. The molecule has 0 amide bonds. The quantitative estimate of drug-likeness (QED) is 0.892. The fourth-order valence-corrected chi connectivity index (χ4v) is 4.88. The number of nitrogens with one attached hydrogen (secondary N) is 1. The van der Waals surface area contributed by atoms with E-state index in [4.69, 9.17) is 5.26 Å². The fourth-order valence-electron chi connectivity index (χ4n) is 3.27. The van der Waals surface area contributed by atoms with Gasteiger partial charge in [-0.15, -0.1) is 0 Å². The van der Waals surface area contributed by atoms with Gasteiger partial charge in [0.2, 0.25) is 10.0 Å². The van der Waals surface area contributed by atoms with Crippen molar-refractivity contribution in [2.75, 3.05) is 19.6 Å². The molecule has 0 saturated carbocycles. The highest BCUT2D eigenvalue weighted by Crippen LogP contribution is 2.29. The molecule has 3 rings (SSSR count). The molecule has 2 aliphatic heterocycles. The van der Waals surface area contributed by atoms with Crippen molar-refractivity contribution in [3.8, 4) is 6.07 Å². The van der Waals surface area contributed by atoms with Crippen molar-refractivity contribution >= 4 is 10.0 Å². The number of rotatable bonds is 2. The highest BCUT2D eigenvalue weighted by molar-refractivity contribution is 7.89. The van der Waals surface area contributed by atoms with Gasteiger partial charge in [-0.1, -0.05) is 0 Å². The minimum absolute atomic E-state index is 0.285. The SMILES string of the molecule is Cc1cc(S(=O)(=O)N2C[C@@H]3CCCN[C@@H]3C2)ccc1C#N. The van der Waals surface area contributed by atoms with Crippen LogP contribution < -0.4 is 5.32 Å². The lowest BCUT2D eigenvalue weighted by Gasteiger charge is -2.24. The Morgan fingerprint density at radius 2 is 2.19 bits per heavy atom. The van der Waals surface area contributed by atoms with Gasteiger partial charge in [0.05, 0.1) is 16.5 Å². The van der Waals surface area contributed by atoms with Crippen LogP contribution in [0.4, 0.5) is 0 Å². The summed E-state index contributed by atoms with van der Waals surface area (Å²) in [5.41, 5.74) is 1.22. The van der Waals surface area contributed by atoms with Crippen molar-refractivity contribution in [1.82, 2.24) is 9.62 Å². The molecular formula is C15H19N3O2S. The van der Waals surface area contributed by atoms with Gasteiger partial charge in [-0.3, -0.25) is 0 Å². The summed E-state index contributed by atoms with van der Waals surface area (Å²) in [5, 5.41) is 12.4. The zero-order valence-corrected chi connectivity index (χ0v) is 12.9. The number of hydrogen-bond donors (Lipinski definition) is 1. The number of hydrogen-bond acceptors (Lipinski definition) is 4. The first-order valence-corrected chi connectivity index (χ1v) is 8.70. The summed E-state index contributed by atoms with van der Waals surface area (Å²) in [5.74, 6) is 0.424. The summed E-state index contributed by atoms with van der Waals surface area (Å²) in [6.45, 7) is 3.89. The molecule has 0 radical (unpaired) electrons. The monoisotopic (exact) mass is 305 g/mol. The lowest BCUT2D eigenvalue weighted by atomic mass is 9.94. The predicted octanol–water partition coefficient (Wildman–Crippen LogP) is 1.24. The molecule has 2 heterocycles. The van der Waals surface area contributed by atoms with E-state index in [2.05, 4.69) is 11.4 Å². The van der Waals surface area contributed by atoms with Gasteiger partial charge in [0.1, 0.15) is 0 Å². The van der Waals surface area contributed by atoms with Gasteiger partial charge in [0.15, 0.2) is 0 Å². The Morgan fingerprint density at radius 3 is 2.86 bits per heavy atom. The van der Waals surface area contributed by atoms with E-state index in [1.165, 1.54) is 6.07 Å². The Balaban J connectivity index is 1.87. The van der Waals surface area contributed by atoms with Gasteiger partial charge >= 0.3 is 0 Å². The maximum absolute atomic E-state index is 12.7. The van der Waals surface area contributed by atoms with Crippen LogP contribution in [-0.4, -0.2) is 38.4 Å². The molecule has 2 saturated heterocycles. The molecule has 1 aromatic rings. The van der Waals surface area contributed by atoms with Crippen molar-refractivity contribution in [3.63, 3.8) is 0 Å². The van der Waals surface area contributed by atoms with Crippen LogP contribution in [0.25, 0.3) is 0 Å². The molecule has 2 aliphatic rings. The first-order chi connectivity index (χ1) is 10.0. The normalized spacial score (nSPS) is 26.3. The molecule has 5 nitrogen and oxygen atoms in total. The van der Waals surface area contributed by atoms with Crippen LogP contribution in [0.3, 0.4) is 0 Å². The van der Waals surface area contributed by atoms with Gasteiger partial charge in [0.25, 0.3) is 0 Å². The summed E-state index contributed by atoms with van der Waals surface area (Å²) in [6.07, 6.45) is 2.21. The molecule has 0 spiro atoms. The number of sulfonamides is 1. The maximum Gasteiger partial charge on any atom is 0.243 e. The van der Waals surface area contributed by atoms with Gasteiger partial charge in [-0.05, 0) is 56.0 Å². The standard InChI is InChI=1S/C15H19N3O2S/c1-11-7-14(5-4-12(11)8-16)21(19,20)18-9-13-3-2-6-17-15(13)10-18/h4-5,7,13,15,17H,2-3,6,9-10H2,1H3/t13-,15+/m0/s1. The van der Waals surface area contributed by atoms with Crippen molar-refractivity contribution in [2.45, 2.75) is 30.7 Å². The second kappa shape index (κ2) is 5.41. The summed E-state index contributed by atoms with van der Waals surface area (Å²) < 4.78 is 27.1. The van der Waals surface area contributed by atoms with E-state index in [1.54, 1.807) is 23.4 Å². The number of nitrogens with zero attached hydrogens (tertiary/aromatic N) is 2. The van der Waals surface area contributed by atoms with Gasteiger partial charge < -0.3 is 5.32 Å². The van der Waals surface area contributed by atoms with Crippen LogP contribution in [0.5, 0.6) is 0 Å². The topological polar surface area (TPSA) is 73.2 Å². The Kier molecular flexibility index (Phi) is 3.74. The van der Waals surface area contributed by atoms with E-state index >= 15 is 0 Å². The second-order valence-electron chi connectivity index (χ2n) is 5.87. The lowest BCUT2D eigenvalue weighted by Crippen LogP contribution is -2.41. The Labute approximate surface area is 125 Å². The Bertz CT molecular complexity index is 679. The average Bonchev–Trinajstić information content (AvgIpc) is 2.92. The first kappa shape index (κ1) is 14.5. The number of benzene rings is 1. The molecular weight excluding hydrogens is 286 g/mol. The summed E-state index contributed by atoms with van der Waals surface area (Å²) in [4.78, 5) is 0.289. The third kappa shape index (κ3) is 2.57. The van der Waals surface area contributed by atoms with Crippen molar-refractivity contribution in [3.05, 3.63) is 29.3 Å². The third-order valence-corrected chi connectivity index (χ3v) is 6.35. The molecule has 0 aromatic heterocycles. The van der Waals surface area contributed by atoms with E-state index in [0.717, 1.165) is 19.4 Å². The first-order valence-electron chi connectivity index (χ1n) is 7.26. The van der Waals surface area contributed by atoms with Crippen molar-refractivity contribution < 1.29 is 8.42 Å². The molecule has 0 bridgehead atoms. The van der Waals surface area contributed by atoms with Crippen LogP contribution in [0.1, 0.15) is 24.0 Å². The molecule has 6 heteroatoms. The molecule has 2 atom stereocenters. The fraction of sp³-hybridized carbons (Fsp3) is 0.533.